The van der Waals surface area contributed by atoms with E-state index in [1.54, 1.807) is 11.0 Å². The number of hydrogen-bond acceptors (Lipinski definition) is 7. The molecule has 1 aliphatic carbocycles. The fraction of sp³-hybridized carbons (Fsp3) is 0.667. The molecule has 0 bridgehead atoms. The number of piperidine rings is 1. The van der Waals surface area contributed by atoms with Crippen molar-refractivity contribution in [3.05, 3.63) is 29.3 Å². The second-order valence-corrected chi connectivity index (χ2v) is 11.1. The highest BCUT2D eigenvalue weighted by Gasteiger charge is 2.51. The molecule has 5 aliphatic rings. The monoisotopic (exact) mass is 497 g/mol. The van der Waals surface area contributed by atoms with Gasteiger partial charge in [0.05, 0.1) is 5.60 Å². The second-order valence-electron chi connectivity index (χ2n) is 11.1. The van der Waals surface area contributed by atoms with E-state index in [9.17, 15) is 19.5 Å². The number of rotatable bonds is 5. The van der Waals surface area contributed by atoms with Gasteiger partial charge in [-0.2, -0.15) is 0 Å². The summed E-state index contributed by atoms with van der Waals surface area (Å²) in [5.74, 6) is 0.195. The van der Waals surface area contributed by atoms with E-state index in [0.29, 0.717) is 37.5 Å². The third-order valence-electron chi connectivity index (χ3n) is 8.85. The molecule has 3 atom stereocenters. The van der Waals surface area contributed by atoms with Gasteiger partial charge < -0.3 is 19.5 Å². The Bertz CT molecular complexity index is 1050. The fourth-order valence-electron chi connectivity index (χ4n) is 6.82. The van der Waals surface area contributed by atoms with Crippen LogP contribution in [-0.2, 0) is 20.9 Å². The fourth-order valence-corrected chi connectivity index (χ4v) is 6.82. The molecule has 1 unspecified atom stereocenters. The van der Waals surface area contributed by atoms with Gasteiger partial charge in [-0.3, -0.25) is 24.6 Å². The van der Waals surface area contributed by atoms with Crippen molar-refractivity contribution in [2.75, 3.05) is 26.3 Å². The average molecular weight is 498 g/mol. The summed E-state index contributed by atoms with van der Waals surface area (Å²) in [7, 11) is 0. The highest BCUT2D eigenvalue weighted by atomic mass is 16.5. The van der Waals surface area contributed by atoms with Crippen LogP contribution in [-0.4, -0.2) is 82.7 Å². The lowest BCUT2D eigenvalue weighted by molar-refractivity contribution is -0.178. The van der Waals surface area contributed by atoms with Crippen LogP contribution >= 0.6 is 0 Å². The molecule has 0 spiro atoms. The molecule has 9 heteroatoms. The maximum absolute atomic E-state index is 13.0. The maximum atomic E-state index is 13.0. The van der Waals surface area contributed by atoms with Crippen molar-refractivity contribution in [1.29, 1.82) is 0 Å². The first kappa shape index (κ1) is 23.9. The molecule has 3 amide bonds. The highest BCUT2D eigenvalue weighted by Crippen LogP contribution is 2.40. The van der Waals surface area contributed by atoms with Crippen LogP contribution in [0.15, 0.2) is 18.2 Å². The van der Waals surface area contributed by atoms with Crippen molar-refractivity contribution in [3.63, 3.8) is 0 Å². The molecule has 1 aromatic carbocycles. The van der Waals surface area contributed by atoms with Gasteiger partial charge in [-0.1, -0.05) is 6.42 Å². The maximum Gasteiger partial charge on any atom is 0.255 e. The van der Waals surface area contributed by atoms with Gasteiger partial charge in [-0.05, 0) is 68.2 Å². The summed E-state index contributed by atoms with van der Waals surface area (Å²) in [4.78, 5) is 40.8. The van der Waals surface area contributed by atoms with E-state index in [-0.39, 0.29) is 30.4 Å². The predicted molar refractivity (Wildman–Crippen MR) is 129 cm³/mol. The number of β-amino-alcohol motifs (C(OH)–C–C–N with tert-alkyl or cyclic N) is 1. The summed E-state index contributed by atoms with van der Waals surface area (Å²) in [6.07, 6.45) is 6.80. The van der Waals surface area contributed by atoms with Gasteiger partial charge >= 0.3 is 0 Å². The van der Waals surface area contributed by atoms with Crippen LogP contribution in [0.5, 0.6) is 5.75 Å². The van der Waals surface area contributed by atoms with Crippen molar-refractivity contribution >= 4 is 17.7 Å². The SMILES string of the molecule is O=C1CCC(N2Cc3cc(O[C@@H]4CCCC[C@@H]4N4CC(O)(C5CCOCC5)C4)ccc3C2=O)C(=O)N1. The Kier molecular flexibility index (Phi) is 6.25. The van der Waals surface area contributed by atoms with Crippen molar-refractivity contribution in [2.24, 2.45) is 5.92 Å². The quantitative estimate of drug-likeness (QED) is 0.595. The van der Waals surface area contributed by atoms with Crippen LogP contribution < -0.4 is 10.1 Å². The predicted octanol–water partition coefficient (Wildman–Crippen LogP) is 1.61. The first-order valence-corrected chi connectivity index (χ1v) is 13.4. The minimum Gasteiger partial charge on any atom is -0.489 e. The molecule has 4 heterocycles. The lowest BCUT2D eigenvalue weighted by Gasteiger charge is -2.56. The third-order valence-corrected chi connectivity index (χ3v) is 8.85. The molecule has 0 aromatic heterocycles. The van der Waals surface area contributed by atoms with Crippen molar-refractivity contribution < 1.29 is 29.0 Å². The molecule has 9 nitrogen and oxygen atoms in total. The minimum absolute atomic E-state index is 0.0411. The number of carbonyl (C=O) groups is 3. The number of aliphatic hydroxyl groups is 1. The largest absolute Gasteiger partial charge is 0.489 e. The van der Waals surface area contributed by atoms with Gasteiger partial charge in [0.1, 0.15) is 17.9 Å². The number of nitrogens with zero attached hydrogens (tertiary/aromatic N) is 2. The molecule has 2 N–H and O–H groups in total. The van der Waals surface area contributed by atoms with Gasteiger partial charge in [-0.25, -0.2) is 0 Å². The lowest BCUT2D eigenvalue weighted by Crippen LogP contribution is -2.70. The van der Waals surface area contributed by atoms with Crippen molar-refractivity contribution in [1.82, 2.24) is 15.1 Å². The lowest BCUT2D eigenvalue weighted by atomic mass is 9.74. The van der Waals surface area contributed by atoms with Crippen molar-refractivity contribution in [2.45, 2.75) is 81.7 Å². The zero-order valence-electron chi connectivity index (χ0n) is 20.6. The molecule has 3 saturated heterocycles. The zero-order valence-corrected chi connectivity index (χ0v) is 20.6. The van der Waals surface area contributed by atoms with Crippen molar-refractivity contribution in [3.8, 4) is 5.75 Å². The molecule has 1 aromatic rings. The molecule has 4 aliphatic heterocycles. The number of nitrogens with one attached hydrogen (secondary N) is 1. The Morgan fingerprint density at radius 2 is 1.81 bits per heavy atom. The number of amides is 3. The number of imide groups is 1. The van der Waals surface area contributed by atoms with E-state index in [1.165, 1.54) is 0 Å². The summed E-state index contributed by atoms with van der Waals surface area (Å²) < 4.78 is 12.0. The van der Waals surface area contributed by atoms with Gasteiger partial charge in [0.2, 0.25) is 11.8 Å². The Balaban J connectivity index is 1.11. The molecule has 194 valence electrons. The summed E-state index contributed by atoms with van der Waals surface area (Å²) >= 11 is 0. The number of hydrogen-bond donors (Lipinski definition) is 2. The standard InChI is InChI=1S/C27H35N3O6/c31-24-8-7-22(25(32)28-24)30-14-17-13-19(5-6-20(17)26(30)33)36-23-4-2-1-3-21(23)29-15-27(34,16-29)18-9-11-35-12-10-18/h5-6,13,18,21-23,34H,1-4,7-12,14-16H2,(H,28,31,32)/t21-,22?,23+/m0/s1. The molecule has 4 fully saturated rings. The van der Waals surface area contributed by atoms with E-state index in [4.69, 9.17) is 9.47 Å². The second kappa shape index (κ2) is 9.43. The molecule has 36 heavy (non-hydrogen) atoms. The van der Waals surface area contributed by atoms with Crippen LogP contribution in [0.4, 0.5) is 0 Å². The Morgan fingerprint density at radius 3 is 2.58 bits per heavy atom. The summed E-state index contributed by atoms with van der Waals surface area (Å²) in [5.41, 5.74) is 0.836. The average Bonchev–Trinajstić information content (AvgIpc) is 3.18. The molecule has 1 saturated carbocycles. The van der Waals surface area contributed by atoms with E-state index in [2.05, 4.69) is 10.2 Å². The van der Waals surface area contributed by atoms with Gasteiger partial charge in [0, 0.05) is 50.9 Å². The first-order valence-electron chi connectivity index (χ1n) is 13.4. The number of fused-ring (bicyclic) bond motifs is 1. The van der Waals surface area contributed by atoms with E-state index < -0.39 is 17.6 Å². The molecule has 0 radical (unpaired) electrons. The van der Waals surface area contributed by atoms with E-state index in [1.807, 2.05) is 12.1 Å². The molecular weight excluding hydrogens is 462 g/mol. The van der Waals surface area contributed by atoms with Gasteiger partial charge in [0.15, 0.2) is 0 Å². The summed E-state index contributed by atoms with van der Waals surface area (Å²) in [6, 6.07) is 5.23. The number of ether oxygens (including phenoxy) is 2. The Hall–Kier alpha value is -2.49. The topological polar surface area (TPSA) is 108 Å². The number of carbonyl (C=O) groups excluding carboxylic acids is 3. The Labute approximate surface area is 211 Å². The Morgan fingerprint density at radius 1 is 1.03 bits per heavy atom. The molecular formula is C27H35N3O6. The van der Waals surface area contributed by atoms with Crippen LogP contribution in [0.2, 0.25) is 0 Å². The van der Waals surface area contributed by atoms with Crippen LogP contribution in [0, 0.1) is 5.92 Å². The van der Waals surface area contributed by atoms with Gasteiger partial charge in [-0.15, -0.1) is 0 Å². The number of benzene rings is 1. The van der Waals surface area contributed by atoms with Crippen LogP contribution in [0.1, 0.15) is 67.3 Å². The zero-order chi connectivity index (χ0) is 24.9. The van der Waals surface area contributed by atoms with E-state index in [0.717, 1.165) is 63.1 Å². The normalized spacial score (nSPS) is 31.1. The highest BCUT2D eigenvalue weighted by molar-refractivity contribution is 6.05. The third kappa shape index (κ3) is 4.31. The number of likely N-dealkylation sites (tertiary alicyclic amines) is 1. The summed E-state index contributed by atoms with van der Waals surface area (Å²) in [5, 5.41) is 13.5. The first-order chi connectivity index (χ1) is 17.4. The molecule has 6 rings (SSSR count). The van der Waals surface area contributed by atoms with Gasteiger partial charge in [0.25, 0.3) is 5.91 Å². The van der Waals surface area contributed by atoms with E-state index >= 15 is 0 Å². The smallest absolute Gasteiger partial charge is 0.255 e. The summed E-state index contributed by atoms with van der Waals surface area (Å²) in [6.45, 7) is 3.22. The van der Waals surface area contributed by atoms with Crippen LogP contribution in [0.25, 0.3) is 0 Å². The van der Waals surface area contributed by atoms with Crippen LogP contribution in [0.3, 0.4) is 0 Å². The minimum atomic E-state index is -0.615.